The molecule has 26 heavy (non-hydrogen) atoms. The van der Waals surface area contributed by atoms with Gasteiger partial charge in [0.2, 0.25) is 5.88 Å². The van der Waals surface area contributed by atoms with Crippen LogP contribution in [0.25, 0.3) is 0 Å². The first-order valence-electron chi connectivity index (χ1n) is 8.78. The van der Waals surface area contributed by atoms with Crippen molar-refractivity contribution in [3.63, 3.8) is 0 Å². The van der Waals surface area contributed by atoms with E-state index >= 15 is 0 Å². The predicted molar refractivity (Wildman–Crippen MR) is 104 cm³/mol. The molecule has 2 aromatic rings. The number of aliphatic imine (C=N–C) groups is 1. The van der Waals surface area contributed by atoms with Gasteiger partial charge in [-0.05, 0) is 56.0 Å². The molecule has 1 aliphatic carbocycles. The third-order valence-electron chi connectivity index (χ3n) is 4.47. The van der Waals surface area contributed by atoms with Crippen LogP contribution in [-0.2, 0) is 13.1 Å². The van der Waals surface area contributed by atoms with Crippen LogP contribution >= 0.6 is 12.2 Å². The van der Waals surface area contributed by atoms with E-state index < -0.39 is 5.56 Å². The molecule has 2 heterocycles. The topological polar surface area (TPSA) is 83.3 Å². The van der Waals surface area contributed by atoms with Crippen molar-refractivity contribution < 1.29 is 5.11 Å². The number of H-pyrrole nitrogens is 1. The zero-order valence-electron chi connectivity index (χ0n) is 14.5. The van der Waals surface area contributed by atoms with Crippen molar-refractivity contribution in [2.75, 3.05) is 0 Å². The maximum Gasteiger partial charge on any atom is 0.264 e. The minimum Gasteiger partial charge on any atom is -0.494 e. The number of allylic oxidation sites excluding steroid dienone is 2. The molecule has 0 aromatic carbocycles. The highest BCUT2D eigenvalue weighted by molar-refractivity contribution is 7.71. The van der Waals surface area contributed by atoms with Crippen LogP contribution in [0.15, 0.2) is 46.0 Å². The molecule has 0 saturated heterocycles. The smallest absolute Gasteiger partial charge is 0.264 e. The molecule has 7 heteroatoms. The summed E-state index contributed by atoms with van der Waals surface area (Å²) in [4.78, 5) is 23.1. The van der Waals surface area contributed by atoms with Gasteiger partial charge in [-0.2, -0.15) is 0 Å². The third-order valence-corrected chi connectivity index (χ3v) is 4.79. The molecule has 0 radical (unpaired) electrons. The van der Waals surface area contributed by atoms with Gasteiger partial charge in [-0.1, -0.05) is 17.7 Å². The summed E-state index contributed by atoms with van der Waals surface area (Å²) in [5, 5.41) is 10.5. The minimum absolute atomic E-state index is 0.125. The molecule has 0 unspecified atom stereocenters. The Morgan fingerprint density at radius 1 is 1.42 bits per heavy atom. The molecule has 2 aromatic heterocycles. The van der Waals surface area contributed by atoms with E-state index in [0.29, 0.717) is 13.1 Å². The average molecular weight is 370 g/mol. The zero-order valence-corrected chi connectivity index (χ0v) is 15.3. The number of hydrogen-bond acceptors (Lipinski definition) is 5. The van der Waals surface area contributed by atoms with Crippen LogP contribution < -0.4 is 5.56 Å². The van der Waals surface area contributed by atoms with E-state index in [1.54, 1.807) is 17.0 Å². The number of rotatable bonds is 6. The Hall–Kier alpha value is -2.54. The minimum atomic E-state index is -0.435. The van der Waals surface area contributed by atoms with Gasteiger partial charge in [0.25, 0.3) is 5.56 Å². The Morgan fingerprint density at radius 2 is 2.31 bits per heavy atom. The van der Waals surface area contributed by atoms with Crippen LogP contribution in [0.4, 0.5) is 0 Å². The van der Waals surface area contributed by atoms with Gasteiger partial charge in [0.15, 0.2) is 4.77 Å². The fraction of sp³-hybridized carbons (Fsp3) is 0.368. The number of nitrogens with one attached hydrogen (secondary N) is 1. The van der Waals surface area contributed by atoms with Gasteiger partial charge in [-0.15, -0.1) is 0 Å². The summed E-state index contributed by atoms with van der Waals surface area (Å²) in [6.45, 7) is 0.923. The van der Waals surface area contributed by atoms with Gasteiger partial charge < -0.3 is 5.11 Å². The largest absolute Gasteiger partial charge is 0.494 e. The van der Waals surface area contributed by atoms with E-state index in [9.17, 15) is 9.90 Å². The lowest BCUT2D eigenvalue weighted by atomic mass is 9.97. The van der Waals surface area contributed by atoms with E-state index in [1.807, 2.05) is 12.1 Å². The predicted octanol–water partition coefficient (Wildman–Crippen LogP) is 3.52. The van der Waals surface area contributed by atoms with E-state index in [2.05, 4.69) is 21.0 Å². The molecular formula is C19H22N4O2S. The van der Waals surface area contributed by atoms with Crippen molar-refractivity contribution in [1.82, 2.24) is 14.5 Å². The molecular weight excluding hydrogens is 348 g/mol. The van der Waals surface area contributed by atoms with Crippen LogP contribution in [0.1, 0.15) is 43.2 Å². The van der Waals surface area contributed by atoms with E-state index in [4.69, 9.17) is 12.2 Å². The van der Waals surface area contributed by atoms with Crippen LogP contribution in [0.3, 0.4) is 0 Å². The number of hydrogen-bond donors (Lipinski definition) is 2. The second-order valence-corrected chi connectivity index (χ2v) is 6.72. The summed E-state index contributed by atoms with van der Waals surface area (Å²) in [5.74, 6) is -0.134. The molecule has 0 atom stereocenters. The van der Waals surface area contributed by atoms with Gasteiger partial charge in [-0.3, -0.25) is 24.3 Å². The molecule has 0 amide bonds. The number of aromatic amines is 1. The van der Waals surface area contributed by atoms with Crippen molar-refractivity contribution in [2.24, 2.45) is 4.99 Å². The molecule has 3 rings (SSSR count). The Morgan fingerprint density at radius 3 is 3.04 bits per heavy atom. The fourth-order valence-corrected chi connectivity index (χ4v) is 3.29. The van der Waals surface area contributed by atoms with E-state index in [-0.39, 0.29) is 16.2 Å². The summed E-state index contributed by atoms with van der Waals surface area (Å²) in [7, 11) is 0. The van der Waals surface area contributed by atoms with Gasteiger partial charge in [0.1, 0.15) is 5.56 Å². The fourth-order valence-electron chi connectivity index (χ4n) is 3.02. The average Bonchev–Trinajstić information content (AvgIpc) is 2.66. The molecule has 0 fully saturated rings. The lowest BCUT2D eigenvalue weighted by molar-refractivity contribution is 0.402. The first kappa shape index (κ1) is 18.3. The van der Waals surface area contributed by atoms with Gasteiger partial charge in [0, 0.05) is 25.2 Å². The summed E-state index contributed by atoms with van der Waals surface area (Å²) in [5.41, 5.74) is 2.00. The first-order chi connectivity index (χ1) is 12.6. The van der Waals surface area contributed by atoms with Crippen LogP contribution in [0, 0.1) is 4.77 Å². The lowest BCUT2D eigenvalue weighted by Gasteiger charge is -2.15. The first-order valence-corrected chi connectivity index (χ1v) is 9.18. The standard InChI is InChI=1S/C19H22N4O2S/c24-17-16(13-21-12-15-7-4-9-20-11-15)18(25)23(19(26)22-17)10-8-14-5-2-1-3-6-14/h4-5,7,9,11,13,25H,1-3,6,8,10,12H2,(H,22,24,26). The highest BCUT2D eigenvalue weighted by atomic mass is 32.1. The van der Waals surface area contributed by atoms with Crippen LogP contribution in [0.2, 0.25) is 0 Å². The Balaban J connectivity index is 1.78. The SMILES string of the molecule is O=c1[nH]c(=S)n(CCC2=CCCCC2)c(O)c1C=NCc1cccnc1. The molecule has 0 spiro atoms. The lowest BCUT2D eigenvalue weighted by Crippen LogP contribution is -2.19. The summed E-state index contributed by atoms with van der Waals surface area (Å²) < 4.78 is 1.80. The molecule has 0 aliphatic heterocycles. The van der Waals surface area contributed by atoms with Crippen molar-refractivity contribution >= 4 is 18.4 Å². The quantitative estimate of drug-likeness (QED) is 0.463. The summed E-state index contributed by atoms with van der Waals surface area (Å²) in [6, 6.07) is 3.73. The van der Waals surface area contributed by atoms with Crippen molar-refractivity contribution in [3.05, 3.63) is 62.4 Å². The third kappa shape index (κ3) is 4.54. The molecule has 2 N–H and O–H groups in total. The number of pyridine rings is 1. The van der Waals surface area contributed by atoms with E-state index in [1.165, 1.54) is 24.6 Å². The summed E-state index contributed by atoms with van der Waals surface area (Å²) in [6.07, 6.45) is 12.5. The number of aromatic nitrogens is 3. The molecule has 6 nitrogen and oxygen atoms in total. The van der Waals surface area contributed by atoms with Gasteiger partial charge >= 0.3 is 0 Å². The molecule has 1 aliphatic rings. The molecule has 0 bridgehead atoms. The van der Waals surface area contributed by atoms with Crippen molar-refractivity contribution in [2.45, 2.75) is 45.2 Å². The Bertz CT molecular complexity index is 929. The molecule has 0 saturated carbocycles. The van der Waals surface area contributed by atoms with Gasteiger partial charge in [0.05, 0.1) is 6.54 Å². The second-order valence-electron chi connectivity index (χ2n) is 6.34. The summed E-state index contributed by atoms with van der Waals surface area (Å²) >= 11 is 5.22. The second kappa shape index (κ2) is 8.71. The molecule has 136 valence electrons. The number of nitrogens with zero attached hydrogens (tertiary/aromatic N) is 3. The highest BCUT2D eigenvalue weighted by Crippen LogP contribution is 2.22. The highest BCUT2D eigenvalue weighted by Gasteiger charge is 2.12. The monoisotopic (exact) mass is 370 g/mol. The number of aromatic hydroxyl groups is 1. The maximum atomic E-state index is 12.2. The van der Waals surface area contributed by atoms with Crippen molar-refractivity contribution in [3.8, 4) is 5.88 Å². The zero-order chi connectivity index (χ0) is 18.4. The van der Waals surface area contributed by atoms with Crippen LogP contribution in [0.5, 0.6) is 5.88 Å². The van der Waals surface area contributed by atoms with Crippen molar-refractivity contribution in [1.29, 1.82) is 0 Å². The van der Waals surface area contributed by atoms with E-state index in [0.717, 1.165) is 24.8 Å². The Kier molecular flexibility index (Phi) is 6.12. The maximum absolute atomic E-state index is 12.2. The van der Waals surface area contributed by atoms with Gasteiger partial charge in [-0.25, -0.2) is 0 Å². The van der Waals surface area contributed by atoms with Crippen LogP contribution in [-0.4, -0.2) is 25.9 Å². The Labute approximate surface area is 157 Å². The normalized spacial score (nSPS) is 14.5.